The molecule has 1 aromatic carbocycles. The molecule has 0 saturated heterocycles. The van der Waals surface area contributed by atoms with E-state index in [2.05, 4.69) is 50.4 Å². The Hall–Kier alpha value is -0.820. The lowest BCUT2D eigenvalue weighted by molar-refractivity contribution is 0.346. The maximum Gasteiger partial charge on any atom is 0.0348 e. The van der Waals surface area contributed by atoms with Gasteiger partial charge in [0.05, 0.1) is 0 Å². The van der Waals surface area contributed by atoms with Crippen LogP contribution in [0.2, 0.25) is 0 Å². The Morgan fingerprint density at radius 2 is 1.60 bits per heavy atom. The molecule has 0 aliphatic heterocycles. The SMILES string of the molecule is CCNC(c1ccc(C(C)CC)cc1)C1CC2CC2C1. The number of rotatable bonds is 6. The molecule has 2 aliphatic rings. The van der Waals surface area contributed by atoms with E-state index in [1.54, 1.807) is 0 Å². The van der Waals surface area contributed by atoms with E-state index < -0.39 is 0 Å². The summed E-state index contributed by atoms with van der Waals surface area (Å²) in [5.74, 6) is 3.69. The van der Waals surface area contributed by atoms with Crippen molar-refractivity contribution in [2.75, 3.05) is 6.54 Å². The van der Waals surface area contributed by atoms with Gasteiger partial charge in [0.2, 0.25) is 0 Å². The fourth-order valence-electron chi connectivity index (χ4n) is 4.08. The zero-order chi connectivity index (χ0) is 14.1. The highest BCUT2D eigenvalue weighted by atomic mass is 14.9. The second kappa shape index (κ2) is 5.89. The lowest BCUT2D eigenvalue weighted by atomic mass is 9.87. The van der Waals surface area contributed by atoms with Crippen LogP contribution in [0.3, 0.4) is 0 Å². The summed E-state index contributed by atoms with van der Waals surface area (Å²) >= 11 is 0. The van der Waals surface area contributed by atoms with Gasteiger partial charge in [-0.1, -0.05) is 45.0 Å². The Kier molecular flexibility index (Phi) is 4.16. The summed E-state index contributed by atoms with van der Waals surface area (Å²) in [5, 5.41) is 3.74. The van der Waals surface area contributed by atoms with Gasteiger partial charge in [-0.3, -0.25) is 0 Å². The monoisotopic (exact) mass is 271 g/mol. The van der Waals surface area contributed by atoms with Crippen LogP contribution in [0, 0.1) is 17.8 Å². The molecule has 1 heteroatoms. The maximum absolute atomic E-state index is 3.74. The van der Waals surface area contributed by atoms with Crippen LogP contribution in [0.15, 0.2) is 24.3 Å². The Morgan fingerprint density at radius 3 is 2.15 bits per heavy atom. The van der Waals surface area contributed by atoms with Crippen molar-refractivity contribution in [1.29, 1.82) is 0 Å². The summed E-state index contributed by atoms with van der Waals surface area (Å²) in [6.45, 7) is 7.89. The first-order valence-corrected chi connectivity index (χ1v) is 8.56. The summed E-state index contributed by atoms with van der Waals surface area (Å²) in [7, 11) is 0. The molecule has 1 N–H and O–H groups in total. The van der Waals surface area contributed by atoms with Crippen molar-refractivity contribution < 1.29 is 0 Å². The third-order valence-electron chi connectivity index (χ3n) is 5.65. The molecule has 0 spiro atoms. The van der Waals surface area contributed by atoms with Gasteiger partial charge in [0, 0.05) is 6.04 Å². The predicted molar refractivity (Wildman–Crippen MR) is 85.9 cm³/mol. The van der Waals surface area contributed by atoms with E-state index in [1.165, 1.54) is 36.8 Å². The van der Waals surface area contributed by atoms with Crippen molar-refractivity contribution in [2.45, 2.75) is 58.4 Å². The molecular formula is C19H29N. The van der Waals surface area contributed by atoms with Crippen molar-refractivity contribution in [3.05, 3.63) is 35.4 Å². The first-order valence-electron chi connectivity index (χ1n) is 8.56. The van der Waals surface area contributed by atoms with E-state index in [1.807, 2.05) is 0 Å². The molecule has 3 rings (SSSR count). The zero-order valence-corrected chi connectivity index (χ0v) is 13.2. The van der Waals surface area contributed by atoms with Gasteiger partial charge < -0.3 is 5.32 Å². The highest BCUT2D eigenvalue weighted by Gasteiger charge is 2.47. The number of fused-ring (bicyclic) bond motifs is 1. The third-order valence-corrected chi connectivity index (χ3v) is 5.65. The average molecular weight is 271 g/mol. The van der Waals surface area contributed by atoms with Gasteiger partial charge in [0.1, 0.15) is 0 Å². The van der Waals surface area contributed by atoms with E-state index in [0.29, 0.717) is 12.0 Å². The first kappa shape index (κ1) is 14.1. The van der Waals surface area contributed by atoms with Gasteiger partial charge in [0.25, 0.3) is 0 Å². The van der Waals surface area contributed by atoms with Crippen LogP contribution in [0.25, 0.3) is 0 Å². The van der Waals surface area contributed by atoms with Crippen molar-refractivity contribution in [2.24, 2.45) is 17.8 Å². The second-order valence-electron chi connectivity index (χ2n) is 7.00. The standard InChI is InChI=1S/C19H29N/c1-4-13(3)14-6-8-15(9-7-14)19(20-5-2)18-11-16-10-17(16)12-18/h6-9,13,16-20H,4-5,10-12H2,1-3H3. The van der Waals surface area contributed by atoms with Crippen LogP contribution in [0.4, 0.5) is 0 Å². The lowest BCUT2D eigenvalue weighted by Gasteiger charge is -2.26. The van der Waals surface area contributed by atoms with E-state index >= 15 is 0 Å². The Morgan fingerprint density at radius 1 is 1.00 bits per heavy atom. The predicted octanol–water partition coefficient (Wildman–Crippen LogP) is 4.90. The fourth-order valence-corrected chi connectivity index (χ4v) is 4.08. The largest absolute Gasteiger partial charge is 0.310 e. The van der Waals surface area contributed by atoms with Crippen LogP contribution in [-0.4, -0.2) is 6.54 Å². The minimum Gasteiger partial charge on any atom is -0.310 e. The molecule has 2 aliphatic carbocycles. The fraction of sp³-hybridized carbons (Fsp3) is 0.684. The highest BCUT2D eigenvalue weighted by molar-refractivity contribution is 5.28. The summed E-state index contributed by atoms with van der Waals surface area (Å²) in [6.07, 6.45) is 5.65. The maximum atomic E-state index is 3.74. The molecule has 2 fully saturated rings. The molecule has 0 radical (unpaired) electrons. The molecule has 110 valence electrons. The third kappa shape index (κ3) is 2.79. The van der Waals surface area contributed by atoms with Crippen molar-refractivity contribution in [3.63, 3.8) is 0 Å². The van der Waals surface area contributed by atoms with Crippen LogP contribution in [-0.2, 0) is 0 Å². The topological polar surface area (TPSA) is 12.0 Å². The number of hydrogen-bond donors (Lipinski definition) is 1. The number of nitrogens with one attached hydrogen (secondary N) is 1. The van der Waals surface area contributed by atoms with Crippen molar-refractivity contribution in [3.8, 4) is 0 Å². The smallest absolute Gasteiger partial charge is 0.0348 e. The van der Waals surface area contributed by atoms with E-state index in [4.69, 9.17) is 0 Å². The van der Waals surface area contributed by atoms with Crippen molar-refractivity contribution >= 4 is 0 Å². The zero-order valence-electron chi connectivity index (χ0n) is 13.2. The quantitative estimate of drug-likeness (QED) is 0.776. The Bertz CT molecular complexity index is 426. The summed E-state index contributed by atoms with van der Waals surface area (Å²) in [4.78, 5) is 0. The van der Waals surface area contributed by atoms with E-state index in [9.17, 15) is 0 Å². The van der Waals surface area contributed by atoms with Gasteiger partial charge in [0.15, 0.2) is 0 Å². The minimum absolute atomic E-state index is 0.582. The highest BCUT2D eigenvalue weighted by Crippen LogP contribution is 2.57. The minimum atomic E-state index is 0.582. The van der Waals surface area contributed by atoms with E-state index in [0.717, 1.165) is 24.3 Å². The van der Waals surface area contributed by atoms with Gasteiger partial charge in [-0.15, -0.1) is 0 Å². The molecule has 4 unspecified atom stereocenters. The van der Waals surface area contributed by atoms with Crippen LogP contribution >= 0.6 is 0 Å². The number of hydrogen-bond acceptors (Lipinski definition) is 1. The Labute approximate surface area is 124 Å². The molecule has 1 aromatic rings. The van der Waals surface area contributed by atoms with Crippen molar-refractivity contribution in [1.82, 2.24) is 5.32 Å². The molecule has 0 heterocycles. The summed E-state index contributed by atoms with van der Waals surface area (Å²) in [5.41, 5.74) is 2.99. The molecular weight excluding hydrogens is 242 g/mol. The summed E-state index contributed by atoms with van der Waals surface area (Å²) < 4.78 is 0. The first-order chi connectivity index (χ1) is 9.72. The Balaban J connectivity index is 1.73. The molecule has 4 atom stereocenters. The van der Waals surface area contributed by atoms with Gasteiger partial charge in [-0.05, 0) is 67.0 Å². The van der Waals surface area contributed by atoms with Crippen LogP contribution < -0.4 is 5.32 Å². The lowest BCUT2D eigenvalue weighted by Crippen LogP contribution is -2.27. The molecule has 0 bridgehead atoms. The van der Waals surface area contributed by atoms with Gasteiger partial charge in [-0.2, -0.15) is 0 Å². The van der Waals surface area contributed by atoms with Gasteiger partial charge in [-0.25, -0.2) is 0 Å². The van der Waals surface area contributed by atoms with Gasteiger partial charge >= 0.3 is 0 Å². The molecule has 0 amide bonds. The average Bonchev–Trinajstić information content (AvgIpc) is 3.10. The number of benzene rings is 1. The molecule has 2 saturated carbocycles. The van der Waals surface area contributed by atoms with E-state index in [-0.39, 0.29) is 0 Å². The summed E-state index contributed by atoms with van der Waals surface area (Å²) in [6, 6.07) is 10.0. The normalized spacial score (nSPS) is 30.9. The molecule has 0 aromatic heterocycles. The second-order valence-corrected chi connectivity index (χ2v) is 7.00. The van der Waals surface area contributed by atoms with Crippen LogP contribution in [0.1, 0.15) is 69.5 Å². The molecule has 1 nitrogen and oxygen atoms in total. The molecule has 20 heavy (non-hydrogen) atoms. The van der Waals surface area contributed by atoms with Crippen LogP contribution in [0.5, 0.6) is 0 Å².